The maximum absolute atomic E-state index is 9.44. The van der Waals surface area contributed by atoms with Crippen LogP contribution in [0.3, 0.4) is 0 Å². The van der Waals surface area contributed by atoms with Crippen LogP contribution in [0.1, 0.15) is 55.4 Å². The zero-order valence-corrected chi connectivity index (χ0v) is 16.6. The van der Waals surface area contributed by atoms with Crippen molar-refractivity contribution in [3.8, 4) is 11.1 Å². The topological polar surface area (TPSA) is 34.1 Å². The van der Waals surface area contributed by atoms with Crippen molar-refractivity contribution in [2.45, 2.75) is 55.4 Å². The van der Waals surface area contributed by atoms with E-state index in [1.54, 1.807) is 0 Å². The summed E-state index contributed by atoms with van der Waals surface area (Å²) >= 11 is 0. The van der Waals surface area contributed by atoms with E-state index in [0.29, 0.717) is 0 Å². The molecule has 134 valence electrons. The summed E-state index contributed by atoms with van der Waals surface area (Å²) in [6.07, 6.45) is 0. The standard InChI is InChI=1S/C12H10.2C3H6O.2C2H6/c1-3-7-11(8-4-1)12-9-5-2-6-10-12;2*1-3(2)4;2*1-2/h1-10H;2*1-2H3;2*1-2H3. The van der Waals surface area contributed by atoms with Gasteiger partial charge < -0.3 is 9.59 Å². The highest BCUT2D eigenvalue weighted by atomic mass is 16.1. The van der Waals surface area contributed by atoms with E-state index >= 15 is 0 Å². The number of benzene rings is 2. The minimum atomic E-state index is 0.167. The normalized spacial score (nSPS) is 7.50. The Labute approximate surface area is 148 Å². The molecular weight excluding hydrogens is 296 g/mol. The van der Waals surface area contributed by atoms with Crippen LogP contribution in [0.15, 0.2) is 60.7 Å². The van der Waals surface area contributed by atoms with E-state index in [0.717, 1.165) is 0 Å². The molecule has 2 heteroatoms. The zero-order chi connectivity index (χ0) is 19.4. The van der Waals surface area contributed by atoms with Gasteiger partial charge in [-0.3, -0.25) is 0 Å². The molecule has 0 aliphatic rings. The summed E-state index contributed by atoms with van der Waals surface area (Å²) in [5.41, 5.74) is 2.55. The van der Waals surface area contributed by atoms with Crippen LogP contribution in [-0.4, -0.2) is 11.6 Å². The van der Waals surface area contributed by atoms with E-state index in [4.69, 9.17) is 0 Å². The van der Waals surface area contributed by atoms with Crippen LogP contribution in [0, 0.1) is 0 Å². The van der Waals surface area contributed by atoms with Crippen LogP contribution >= 0.6 is 0 Å². The molecule has 0 N–H and O–H groups in total. The van der Waals surface area contributed by atoms with Gasteiger partial charge in [0.05, 0.1) is 0 Å². The number of hydrogen-bond acceptors (Lipinski definition) is 2. The molecule has 0 radical (unpaired) electrons. The van der Waals surface area contributed by atoms with Crippen molar-refractivity contribution in [2.24, 2.45) is 0 Å². The first-order chi connectivity index (χ1) is 11.4. The molecule has 0 aromatic heterocycles. The van der Waals surface area contributed by atoms with Gasteiger partial charge in [-0.05, 0) is 38.8 Å². The van der Waals surface area contributed by atoms with Crippen molar-refractivity contribution in [2.75, 3.05) is 0 Å². The third-order valence-corrected chi connectivity index (χ3v) is 1.88. The number of Topliss-reactive ketones (excluding diaryl/α,β-unsaturated/α-hetero) is 2. The van der Waals surface area contributed by atoms with Crippen molar-refractivity contribution >= 4 is 11.6 Å². The van der Waals surface area contributed by atoms with Crippen molar-refractivity contribution in [1.29, 1.82) is 0 Å². The Morgan fingerprint density at radius 3 is 0.833 bits per heavy atom. The molecule has 2 aromatic carbocycles. The van der Waals surface area contributed by atoms with Crippen LogP contribution in [0.4, 0.5) is 0 Å². The molecular formula is C22H34O2. The summed E-state index contributed by atoms with van der Waals surface area (Å²) in [7, 11) is 0. The van der Waals surface area contributed by atoms with Gasteiger partial charge in [0.25, 0.3) is 0 Å². The third kappa shape index (κ3) is 22.1. The van der Waals surface area contributed by atoms with E-state index in [2.05, 4.69) is 48.5 Å². The molecule has 0 amide bonds. The average molecular weight is 331 g/mol. The molecule has 0 aliphatic heterocycles. The largest absolute Gasteiger partial charge is 0.300 e. The Hall–Kier alpha value is -2.22. The highest BCUT2D eigenvalue weighted by Crippen LogP contribution is 2.17. The van der Waals surface area contributed by atoms with Crippen LogP contribution < -0.4 is 0 Å². The van der Waals surface area contributed by atoms with Crippen molar-refractivity contribution in [1.82, 2.24) is 0 Å². The zero-order valence-electron chi connectivity index (χ0n) is 16.6. The Morgan fingerprint density at radius 1 is 0.500 bits per heavy atom. The fraction of sp³-hybridized carbons (Fsp3) is 0.364. The Kier molecular flexibility index (Phi) is 23.1. The summed E-state index contributed by atoms with van der Waals surface area (Å²) in [6, 6.07) is 20.8. The predicted octanol–water partition coefficient (Wildman–Crippen LogP) is 6.60. The third-order valence-electron chi connectivity index (χ3n) is 1.88. The molecule has 2 aromatic rings. The fourth-order valence-electron chi connectivity index (χ4n) is 1.26. The van der Waals surface area contributed by atoms with Crippen molar-refractivity contribution in [3.63, 3.8) is 0 Å². The lowest BCUT2D eigenvalue weighted by atomic mass is 10.1. The van der Waals surface area contributed by atoms with E-state index in [9.17, 15) is 9.59 Å². The van der Waals surface area contributed by atoms with E-state index in [-0.39, 0.29) is 11.6 Å². The van der Waals surface area contributed by atoms with Crippen LogP contribution in [-0.2, 0) is 9.59 Å². The van der Waals surface area contributed by atoms with Gasteiger partial charge in [-0.15, -0.1) is 0 Å². The number of hydrogen-bond donors (Lipinski definition) is 0. The molecule has 2 nitrogen and oxygen atoms in total. The molecule has 2 rings (SSSR count). The quantitative estimate of drug-likeness (QED) is 0.590. The molecule has 0 atom stereocenters. The van der Waals surface area contributed by atoms with Crippen LogP contribution in [0.25, 0.3) is 11.1 Å². The lowest BCUT2D eigenvalue weighted by Gasteiger charge is -1.98. The first-order valence-electron chi connectivity index (χ1n) is 8.48. The van der Waals surface area contributed by atoms with Gasteiger partial charge in [0.2, 0.25) is 0 Å². The summed E-state index contributed by atoms with van der Waals surface area (Å²) in [5.74, 6) is 0.333. The second-order valence-electron chi connectivity index (χ2n) is 4.55. The number of rotatable bonds is 1. The average Bonchev–Trinajstić information content (AvgIpc) is 2.59. The maximum atomic E-state index is 9.44. The lowest BCUT2D eigenvalue weighted by Crippen LogP contribution is -1.73. The van der Waals surface area contributed by atoms with E-state index < -0.39 is 0 Å². The molecule has 0 saturated heterocycles. The van der Waals surface area contributed by atoms with Gasteiger partial charge in [-0.1, -0.05) is 88.4 Å². The molecule has 24 heavy (non-hydrogen) atoms. The first-order valence-corrected chi connectivity index (χ1v) is 8.48. The molecule has 0 spiro atoms. The van der Waals surface area contributed by atoms with Crippen LogP contribution in [0.2, 0.25) is 0 Å². The van der Waals surface area contributed by atoms with Gasteiger partial charge >= 0.3 is 0 Å². The summed E-state index contributed by atoms with van der Waals surface area (Å²) in [5, 5.41) is 0. The molecule has 0 saturated carbocycles. The minimum absolute atomic E-state index is 0.167. The highest BCUT2D eigenvalue weighted by molar-refractivity contribution is 5.72. The second kappa shape index (κ2) is 20.8. The van der Waals surface area contributed by atoms with Crippen molar-refractivity contribution in [3.05, 3.63) is 60.7 Å². The SMILES string of the molecule is CC.CC.CC(C)=O.CC(C)=O.c1ccc(-c2ccccc2)cc1. The predicted molar refractivity (Wildman–Crippen MR) is 107 cm³/mol. The highest BCUT2D eigenvalue weighted by Gasteiger charge is 1.91. The van der Waals surface area contributed by atoms with Gasteiger partial charge in [-0.2, -0.15) is 0 Å². The van der Waals surface area contributed by atoms with Crippen LogP contribution in [0.5, 0.6) is 0 Å². The van der Waals surface area contributed by atoms with Crippen molar-refractivity contribution < 1.29 is 9.59 Å². The monoisotopic (exact) mass is 330 g/mol. The smallest absolute Gasteiger partial charge is 0.126 e. The summed E-state index contributed by atoms with van der Waals surface area (Å²) < 4.78 is 0. The summed E-state index contributed by atoms with van der Waals surface area (Å²) in [4.78, 5) is 18.9. The number of carbonyl (C=O) groups excluding carboxylic acids is 2. The van der Waals surface area contributed by atoms with Gasteiger partial charge in [-0.25, -0.2) is 0 Å². The lowest BCUT2D eigenvalue weighted by molar-refractivity contribution is -0.115. The number of carbonyl (C=O) groups is 2. The molecule has 0 unspecified atom stereocenters. The first kappa shape index (κ1) is 26.7. The maximum Gasteiger partial charge on any atom is 0.126 e. The van der Waals surface area contributed by atoms with Gasteiger partial charge in [0, 0.05) is 0 Å². The summed E-state index contributed by atoms with van der Waals surface area (Å²) in [6.45, 7) is 14.1. The fourth-order valence-corrected chi connectivity index (χ4v) is 1.26. The van der Waals surface area contributed by atoms with E-state index in [1.165, 1.54) is 38.8 Å². The molecule has 0 bridgehead atoms. The van der Waals surface area contributed by atoms with E-state index in [1.807, 2.05) is 39.8 Å². The number of ketones is 2. The Balaban J connectivity index is -0.000000310. The molecule has 0 heterocycles. The Morgan fingerprint density at radius 2 is 0.667 bits per heavy atom. The van der Waals surface area contributed by atoms with Gasteiger partial charge in [0.1, 0.15) is 11.6 Å². The second-order valence-corrected chi connectivity index (χ2v) is 4.55. The molecule has 0 fully saturated rings. The van der Waals surface area contributed by atoms with Gasteiger partial charge in [0.15, 0.2) is 0 Å². The molecule has 0 aliphatic carbocycles. The minimum Gasteiger partial charge on any atom is -0.300 e. The Bertz CT molecular complexity index is 445.